The lowest BCUT2D eigenvalue weighted by Gasteiger charge is -2.29. The minimum absolute atomic E-state index is 0.398. The van der Waals surface area contributed by atoms with Crippen LogP contribution in [-0.4, -0.2) is 25.9 Å². The highest BCUT2D eigenvalue weighted by Crippen LogP contribution is 2.44. The average Bonchev–Trinajstić information content (AvgIpc) is 2.55. The highest BCUT2D eigenvalue weighted by atomic mass is 35.5. The average molecular weight is 368 g/mol. The molecule has 0 saturated heterocycles. The molecule has 6 heteroatoms. The fourth-order valence-corrected chi connectivity index (χ4v) is 3.35. The molecular weight excluding hydrogens is 349 g/mol. The first-order valence-corrected chi connectivity index (χ1v) is 8.12. The normalized spacial score (nSPS) is 19.8. The molecule has 2 rings (SSSR count). The van der Waals surface area contributed by atoms with Crippen LogP contribution in [0.3, 0.4) is 0 Å². The summed E-state index contributed by atoms with van der Waals surface area (Å²) in [5.74, 6) is -0.251. The Bertz CT molecular complexity index is 778. The van der Waals surface area contributed by atoms with Gasteiger partial charge in [0.25, 0.3) is 0 Å². The molecule has 0 spiro atoms. The fraction of sp³-hybridized carbons (Fsp3) is 0.333. The second-order valence-electron chi connectivity index (χ2n) is 5.44. The summed E-state index contributed by atoms with van der Waals surface area (Å²) in [6.07, 6.45) is 0. The Kier molecular flexibility index (Phi) is 5.73. The Morgan fingerprint density at radius 1 is 1.17 bits per heavy atom. The van der Waals surface area contributed by atoms with Crippen molar-refractivity contribution in [3.8, 4) is 0 Å². The number of carbonyl (C=O) groups excluding carboxylic acids is 1. The summed E-state index contributed by atoms with van der Waals surface area (Å²) in [7, 11) is 2.92. The maximum absolute atomic E-state index is 12.4. The molecule has 0 saturated carbocycles. The van der Waals surface area contributed by atoms with Crippen molar-refractivity contribution in [2.24, 2.45) is 4.99 Å². The molecule has 0 bridgehead atoms. The summed E-state index contributed by atoms with van der Waals surface area (Å²) in [5.41, 5.74) is 3.28. The number of nitrogens with zero attached hydrogens (tertiary/aromatic N) is 1. The molecule has 1 unspecified atom stereocenters. The minimum atomic E-state index is -0.457. The zero-order valence-corrected chi connectivity index (χ0v) is 15.7. The Morgan fingerprint density at radius 3 is 2.42 bits per heavy atom. The number of ether oxygens (including phenoxy) is 2. The van der Waals surface area contributed by atoms with E-state index in [1.807, 2.05) is 19.9 Å². The molecule has 1 aromatic carbocycles. The van der Waals surface area contributed by atoms with Gasteiger partial charge in [-0.1, -0.05) is 35.3 Å². The number of allylic oxidation sites excluding steroid dienone is 3. The van der Waals surface area contributed by atoms with Crippen molar-refractivity contribution in [1.82, 2.24) is 0 Å². The number of aliphatic imine (C=N–C) groups is 1. The molecule has 0 aromatic heterocycles. The zero-order valence-electron chi connectivity index (χ0n) is 14.2. The largest absolute Gasteiger partial charge is 0.501 e. The van der Waals surface area contributed by atoms with E-state index in [-0.39, 0.29) is 0 Å². The van der Waals surface area contributed by atoms with Crippen molar-refractivity contribution < 1.29 is 14.3 Å². The number of hydrogen-bond donors (Lipinski definition) is 0. The first-order valence-electron chi connectivity index (χ1n) is 7.36. The van der Waals surface area contributed by atoms with E-state index in [9.17, 15) is 4.79 Å². The van der Waals surface area contributed by atoms with Gasteiger partial charge >= 0.3 is 5.97 Å². The number of benzene rings is 1. The van der Waals surface area contributed by atoms with Gasteiger partial charge in [0.05, 0.1) is 35.6 Å². The van der Waals surface area contributed by atoms with Crippen LogP contribution in [0.4, 0.5) is 0 Å². The molecule has 1 aromatic rings. The molecule has 1 atom stereocenters. The predicted molar refractivity (Wildman–Crippen MR) is 96.7 cm³/mol. The maximum Gasteiger partial charge on any atom is 0.336 e. The van der Waals surface area contributed by atoms with Gasteiger partial charge < -0.3 is 9.47 Å². The summed E-state index contributed by atoms with van der Waals surface area (Å²) in [4.78, 5) is 16.9. The predicted octanol–water partition coefficient (Wildman–Crippen LogP) is 4.92. The SMILES string of the molecule is COC(=O)C1=C(C)N=C(C)C(=C(C)OC)C1c1cccc(Cl)c1Cl. The minimum Gasteiger partial charge on any atom is -0.501 e. The number of hydrogen-bond acceptors (Lipinski definition) is 4. The third-order valence-corrected chi connectivity index (χ3v) is 4.91. The van der Waals surface area contributed by atoms with Crippen LogP contribution in [0.15, 0.2) is 45.8 Å². The standard InChI is InChI=1S/C18H19Cl2NO3/c1-9-14(11(3)23-4)16(12-7-6-8-13(19)17(12)20)15(10(2)21-9)18(22)24-5/h6-8,16H,1-5H3. The quantitative estimate of drug-likeness (QED) is 0.562. The van der Waals surface area contributed by atoms with Crippen molar-refractivity contribution in [3.63, 3.8) is 0 Å². The number of carbonyl (C=O) groups is 1. The van der Waals surface area contributed by atoms with E-state index >= 15 is 0 Å². The van der Waals surface area contributed by atoms with Crippen molar-refractivity contribution in [2.45, 2.75) is 26.7 Å². The summed E-state index contributed by atoms with van der Waals surface area (Å²) in [6, 6.07) is 5.35. The summed E-state index contributed by atoms with van der Waals surface area (Å²) in [6.45, 7) is 5.48. The molecule has 1 heterocycles. The van der Waals surface area contributed by atoms with Gasteiger partial charge in [0.2, 0.25) is 0 Å². The Hall–Kier alpha value is -1.78. The van der Waals surface area contributed by atoms with E-state index < -0.39 is 11.9 Å². The van der Waals surface area contributed by atoms with Crippen molar-refractivity contribution in [3.05, 3.63) is 56.4 Å². The molecule has 1 aliphatic heterocycles. The second kappa shape index (κ2) is 7.41. The van der Waals surface area contributed by atoms with Crippen molar-refractivity contribution in [1.29, 1.82) is 0 Å². The van der Waals surface area contributed by atoms with E-state index in [0.29, 0.717) is 32.6 Å². The fourth-order valence-electron chi connectivity index (χ4n) is 2.93. The highest BCUT2D eigenvalue weighted by Gasteiger charge is 2.36. The molecule has 0 amide bonds. The van der Waals surface area contributed by atoms with Gasteiger partial charge in [0.15, 0.2) is 0 Å². The van der Waals surface area contributed by atoms with Crippen LogP contribution in [0.1, 0.15) is 32.3 Å². The number of methoxy groups -OCH3 is 2. The van der Waals surface area contributed by atoms with E-state index in [1.165, 1.54) is 7.11 Å². The van der Waals surface area contributed by atoms with E-state index in [4.69, 9.17) is 32.7 Å². The molecule has 0 radical (unpaired) electrons. The molecule has 24 heavy (non-hydrogen) atoms. The smallest absolute Gasteiger partial charge is 0.336 e. The molecular formula is C18H19Cl2NO3. The summed E-state index contributed by atoms with van der Waals surface area (Å²) >= 11 is 12.6. The lowest BCUT2D eigenvalue weighted by Crippen LogP contribution is -2.25. The van der Waals surface area contributed by atoms with Gasteiger partial charge in [-0.2, -0.15) is 0 Å². The molecule has 0 N–H and O–H groups in total. The van der Waals surface area contributed by atoms with Gasteiger partial charge in [-0.15, -0.1) is 0 Å². The van der Waals surface area contributed by atoms with Crippen LogP contribution < -0.4 is 0 Å². The van der Waals surface area contributed by atoms with Crippen molar-refractivity contribution in [2.75, 3.05) is 14.2 Å². The van der Waals surface area contributed by atoms with Gasteiger partial charge in [-0.25, -0.2) is 4.79 Å². The van der Waals surface area contributed by atoms with Crippen LogP contribution in [0, 0.1) is 0 Å². The van der Waals surface area contributed by atoms with Crippen LogP contribution >= 0.6 is 23.2 Å². The van der Waals surface area contributed by atoms with E-state index in [0.717, 1.165) is 11.3 Å². The maximum atomic E-state index is 12.4. The van der Waals surface area contributed by atoms with E-state index in [2.05, 4.69) is 4.99 Å². The van der Waals surface area contributed by atoms with Crippen molar-refractivity contribution >= 4 is 34.9 Å². The summed E-state index contributed by atoms with van der Waals surface area (Å²) < 4.78 is 10.4. The number of esters is 1. The number of rotatable bonds is 3. The zero-order chi connectivity index (χ0) is 18.0. The lowest BCUT2D eigenvalue weighted by molar-refractivity contribution is -0.136. The Labute approximate surface area is 151 Å². The number of halogens is 2. The monoisotopic (exact) mass is 367 g/mol. The first kappa shape index (κ1) is 18.6. The van der Waals surface area contributed by atoms with Gasteiger partial charge in [0, 0.05) is 22.9 Å². The molecule has 0 fully saturated rings. The first-order chi connectivity index (χ1) is 11.3. The third-order valence-electron chi connectivity index (χ3n) is 4.08. The molecule has 128 valence electrons. The summed E-state index contributed by atoms with van der Waals surface area (Å²) in [5, 5.41) is 0.820. The van der Waals surface area contributed by atoms with Gasteiger partial charge in [0.1, 0.15) is 0 Å². The van der Waals surface area contributed by atoms with Gasteiger partial charge in [-0.05, 0) is 32.4 Å². The molecule has 4 nitrogen and oxygen atoms in total. The molecule has 1 aliphatic rings. The topological polar surface area (TPSA) is 47.9 Å². The Balaban J connectivity index is 2.84. The Morgan fingerprint density at radius 2 is 1.83 bits per heavy atom. The highest BCUT2D eigenvalue weighted by molar-refractivity contribution is 6.42. The lowest BCUT2D eigenvalue weighted by atomic mass is 9.79. The van der Waals surface area contributed by atoms with Crippen LogP contribution in [-0.2, 0) is 14.3 Å². The van der Waals surface area contributed by atoms with Gasteiger partial charge in [-0.3, -0.25) is 4.99 Å². The van der Waals surface area contributed by atoms with E-state index in [1.54, 1.807) is 26.2 Å². The van der Waals surface area contributed by atoms with Crippen LogP contribution in [0.25, 0.3) is 0 Å². The molecule has 0 aliphatic carbocycles. The second-order valence-corrected chi connectivity index (χ2v) is 6.22. The van der Waals surface area contributed by atoms with Crippen LogP contribution in [0.2, 0.25) is 10.0 Å². The third kappa shape index (κ3) is 3.21. The van der Waals surface area contributed by atoms with Crippen LogP contribution in [0.5, 0.6) is 0 Å².